The molecule has 0 atom stereocenters. The van der Waals surface area contributed by atoms with Crippen LogP contribution in [0.1, 0.15) is 10.6 Å². The molecule has 0 radical (unpaired) electrons. The van der Waals surface area contributed by atoms with E-state index < -0.39 is 0 Å². The minimum atomic E-state index is 0.460. The van der Waals surface area contributed by atoms with Gasteiger partial charge in [-0.3, -0.25) is 0 Å². The van der Waals surface area contributed by atoms with E-state index in [4.69, 9.17) is 14.2 Å². The van der Waals surface area contributed by atoms with Crippen LogP contribution in [0.15, 0.2) is 24.4 Å². The van der Waals surface area contributed by atoms with Gasteiger partial charge in [0, 0.05) is 28.9 Å². The van der Waals surface area contributed by atoms with Gasteiger partial charge in [0.25, 0.3) is 0 Å². The van der Waals surface area contributed by atoms with Crippen molar-refractivity contribution in [3.63, 3.8) is 0 Å². The molecule has 0 amide bonds. The molecule has 0 spiro atoms. The molecule has 0 fully saturated rings. The average Bonchev–Trinajstić information content (AvgIpc) is 3.00. The van der Waals surface area contributed by atoms with Gasteiger partial charge in [-0.25, -0.2) is 15.0 Å². The number of rotatable bonds is 6. The van der Waals surface area contributed by atoms with E-state index >= 15 is 0 Å². The Morgan fingerprint density at radius 2 is 1.65 bits per heavy atom. The summed E-state index contributed by atoms with van der Waals surface area (Å²) in [6.45, 7) is 4.04. The highest BCUT2D eigenvalue weighted by Crippen LogP contribution is 2.40. The van der Waals surface area contributed by atoms with Crippen molar-refractivity contribution in [2.24, 2.45) is 0 Å². The molecule has 7 nitrogen and oxygen atoms in total. The molecular formula is C18H20N4O3S. The third kappa shape index (κ3) is 3.55. The highest BCUT2D eigenvalue weighted by atomic mass is 32.1. The van der Waals surface area contributed by atoms with E-state index in [2.05, 4.69) is 20.3 Å². The van der Waals surface area contributed by atoms with Gasteiger partial charge in [-0.15, -0.1) is 11.3 Å². The van der Waals surface area contributed by atoms with Crippen LogP contribution in [0, 0.1) is 13.8 Å². The number of nitrogens with one attached hydrogen (secondary N) is 1. The van der Waals surface area contributed by atoms with Gasteiger partial charge in [0.05, 0.1) is 27.0 Å². The highest BCUT2D eigenvalue weighted by Gasteiger charge is 2.14. The number of hydrogen-bond donors (Lipinski definition) is 1. The summed E-state index contributed by atoms with van der Waals surface area (Å²) in [5.74, 6) is 2.10. The number of aryl methyl sites for hydroxylation is 2. The van der Waals surface area contributed by atoms with Gasteiger partial charge in [-0.05, 0) is 19.9 Å². The molecule has 0 aliphatic carbocycles. The Bertz CT molecular complexity index is 882. The van der Waals surface area contributed by atoms with Crippen molar-refractivity contribution in [3.8, 4) is 28.0 Å². The van der Waals surface area contributed by atoms with Crippen LogP contribution in [-0.4, -0.2) is 36.3 Å². The number of benzene rings is 1. The zero-order chi connectivity index (χ0) is 18.7. The maximum atomic E-state index is 5.37. The van der Waals surface area contributed by atoms with Gasteiger partial charge in [0.15, 0.2) is 11.5 Å². The van der Waals surface area contributed by atoms with Crippen molar-refractivity contribution in [3.05, 3.63) is 35.0 Å². The summed E-state index contributed by atoms with van der Waals surface area (Å²) in [5.41, 5.74) is 2.52. The summed E-state index contributed by atoms with van der Waals surface area (Å²) < 4.78 is 16.1. The van der Waals surface area contributed by atoms with Crippen LogP contribution >= 0.6 is 11.3 Å². The molecule has 8 heteroatoms. The second-order valence-corrected chi connectivity index (χ2v) is 6.67. The third-order valence-electron chi connectivity index (χ3n) is 3.82. The normalized spacial score (nSPS) is 10.5. The smallest absolute Gasteiger partial charge is 0.227 e. The number of anilines is 2. The van der Waals surface area contributed by atoms with Crippen LogP contribution < -0.4 is 19.5 Å². The van der Waals surface area contributed by atoms with Crippen molar-refractivity contribution in [1.82, 2.24) is 15.0 Å². The molecule has 0 aliphatic rings. The largest absolute Gasteiger partial charge is 0.493 e. The molecule has 3 rings (SSSR count). The predicted molar refractivity (Wildman–Crippen MR) is 102 cm³/mol. The summed E-state index contributed by atoms with van der Waals surface area (Å²) in [6, 6.07) is 5.45. The molecule has 2 aromatic heterocycles. The van der Waals surface area contributed by atoms with Crippen molar-refractivity contribution < 1.29 is 14.2 Å². The van der Waals surface area contributed by atoms with E-state index in [0.29, 0.717) is 23.2 Å². The van der Waals surface area contributed by atoms with Crippen molar-refractivity contribution in [2.75, 3.05) is 26.6 Å². The number of aromatic nitrogens is 3. The van der Waals surface area contributed by atoms with Crippen LogP contribution in [0.5, 0.6) is 17.2 Å². The summed E-state index contributed by atoms with van der Waals surface area (Å²) in [7, 11) is 4.72. The minimum absolute atomic E-state index is 0.460. The number of hydrogen-bond acceptors (Lipinski definition) is 8. The molecule has 0 unspecified atom stereocenters. The van der Waals surface area contributed by atoms with Gasteiger partial charge in [0.1, 0.15) is 10.7 Å². The Morgan fingerprint density at radius 3 is 2.19 bits per heavy atom. The lowest BCUT2D eigenvalue weighted by Crippen LogP contribution is -2.00. The lowest BCUT2D eigenvalue weighted by molar-refractivity contribution is 0.324. The molecule has 136 valence electrons. The number of methoxy groups -OCH3 is 3. The molecule has 3 aromatic rings. The topological polar surface area (TPSA) is 78.4 Å². The van der Waals surface area contributed by atoms with Crippen LogP contribution in [0.4, 0.5) is 11.6 Å². The molecule has 0 bridgehead atoms. The van der Waals surface area contributed by atoms with E-state index in [9.17, 15) is 0 Å². The molecule has 0 saturated carbocycles. The molecule has 0 aliphatic heterocycles. The summed E-state index contributed by atoms with van der Waals surface area (Å²) >= 11 is 1.61. The average molecular weight is 372 g/mol. The fourth-order valence-electron chi connectivity index (χ4n) is 2.40. The summed E-state index contributed by atoms with van der Waals surface area (Å²) in [4.78, 5) is 14.6. The lowest BCUT2D eigenvalue weighted by atomic mass is 10.2. The van der Waals surface area contributed by atoms with E-state index in [1.165, 1.54) is 4.88 Å². The van der Waals surface area contributed by atoms with E-state index in [1.807, 2.05) is 19.9 Å². The second-order valence-electron chi connectivity index (χ2n) is 5.47. The van der Waals surface area contributed by atoms with Crippen molar-refractivity contribution in [2.45, 2.75) is 13.8 Å². The Labute approximate surface area is 156 Å². The minimum Gasteiger partial charge on any atom is -0.493 e. The highest BCUT2D eigenvalue weighted by molar-refractivity contribution is 7.15. The predicted octanol–water partition coefficient (Wildman–Crippen LogP) is 3.99. The van der Waals surface area contributed by atoms with Gasteiger partial charge < -0.3 is 19.5 Å². The van der Waals surface area contributed by atoms with Crippen molar-refractivity contribution >= 4 is 23.0 Å². The standard InChI is InChI=1S/C18H20N4O3S/c1-10-11(2)26-17(20-10)13-6-7-19-18(22-13)21-12-8-14(23-3)16(25-5)15(9-12)24-4/h6-9H,1-5H3,(H,19,21,22). The molecule has 2 heterocycles. The van der Waals surface area contributed by atoms with Crippen LogP contribution in [-0.2, 0) is 0 Å². The van der Waals surface area contributed by atoms with Crippen LogP contribution in [0.2, 0.25) is 0 Å². The Morgan fingerprint density at radius 1 is 0.962 bits per heavy atom. The lowest BCUT2D eigenvalue weighted by Gasteiger charge is -2.14. The zero-order valence-electron chi connectivity index (χ0n) is 15.3. The molecule has 1 N–H and O–H groups in total. The Kier molecular flexibility index (Phi) is 5.22. The first-order chi connectivity index (χ1) is 12.5. The first-order valence-electron chi connectivity index (χ1n) is 7.90. The summed E-state index contributed by atoms with van der Waals surface area (Å²) in [5, 5.41) is 4.05. The summed E-state index contributed by atoms with van der Waals surface area (Å²) in [6.07, 6.45) is 1.70. The zero-order valence-corrected chi connectivity index (χ0v) is 16.1. The molecule has 0 saturated heterocycles. The monoisotopic (exact) mass is 372 g/mol. The maximum absolute atomic E-state index is 5.37. The van der Waals surface area contributed by atoms with E-state index in [1.54, 1.807) is 51.0 Å². The fraction of sp³-hybridized carbons (Fsp3) is 0.278. The Balaban J connectivity index is 1.93. The van der Waals surface area contributed by atoms with E-state index in [-0.39, 0.29) is 0 Å². The number of thiazole rings is 1. The molecule has 1 aromatic carbocycles. The molecular weight excluding hydrogens is 352 g/mol. The molecule has 26 heavy (non-hydrogen) atoms. The number of ether oxygens (including phenoxy) is 3. The first-order valence-corrected chi connectivity index (χ1v) is 8.71. The second kappa shape index (κ2) is 7.57. The fourth-order valence-corrected chi connectivity index (χ4v) is 3.29. The number of nitrogens with zero attached hydrogens (tertiary/aromatic N) is 3. The first kappa shape index (κ1) is 17.9. The Hall–Kier alpha value is -2.87. The third-order valence-corrected chi connectivity index (χ3v) is 4.92. The maximum Gasteiger partial charge on any atom is 0.227 e. The quantitative estimate of drug-likeness (QED) is 0.701. The van der Waals surface area contributed by atoms with E-state index in [0.717, 1.165) is 22.1 Å². The van der Waals surface area contributed by atoms with Crippen LogP contribution in [0.3, 0.4) is 0 Å². The van der Waals surface area contributed by atoms with Crippen molar-refractivity contribution in [1.29, 1.82) is 0 Å². The van der Waals surface area contributed by atoms with Gasteiger partial charge in [0.2, 0.25) is 11.7 Å². The van der Waals surface area contributed by atoms with Gasteiger partial charge in [-0.2, -0.15) is 0 Å². The van der Waals surface area contributed by atoms with Gasteiger partial charge in [-0.1, -0.05) is 0 Å². The van der Waals surface area contributed by atoms with Crippen LogP contribution in [0.25, 0.3) is 10.7 Å². The SMILES string of the molecule is COc1cc(Nc2nccc(-c3nc(C)c(C)s3)n2)cc(OC)c1OC. The van der Waals surface area contributed by atoms with Gasteiger partial charge >= 0.3 is 0 Å².